The summed E-state index contributed by atoms with van der Waals surface area (Å²) in [5.41, 5.74) is 9.78. The topological polar surface area (TPSA) is 174 Å². The molecule has 0 fully saturated rings. The van der Waals surface area contributed by atoms with Crippen LogP contribution in [-0.2, 0) is 11.8 Å². The van der Waals surface area contributed by atoms with Crippen molar-refractivity contribution in [2.24, 2.45) is 12.8 Å². The molecule has 4 aromatic heterocycles. The summed E-state index contributed by atoms with van der Waals surface area (Å²) in [7, 11) is 3.60. The molecule has 32 heavy (non-hydrogen) atoms. The van der Waals surface area contributed by atoms with Crippen LogP contribution in [0.4, 0.5) is 17.3 Å². The molecule has 0 aliphatic heterocycles. The molecule has 0 aromatic carbocycles. The Morgan fingerprint density at radius 2 is 1.97 bits per heavy atom. The number of hydrogen-bond donors (Lipinski definition) is 4. The van der Waals surface area contributed by atoms with Gasteiger partial charge in [-0.25, -0.2) is 15.0 Å². The Bertz CT molecular complexity index is 1290. The average Bonchev–Trinajstić information content (AvgIpc) is 3.15. The van der Waals surface area contributed by atoms with Crippen molar-refractivity contribution in [1.82, 2.24) is 29.5 Å². The fourth-order valence-corrected chi connectivity index (χ4v) is 3.03. The second kappa shape index (κ2) is 9.47. The predicted octanol–water partition coefficient (Wildman–Crippen LogP) is 1.71. The van der Waals surface area contributed by atoms with Crippen LogP contribution in [0.1, 0.15) is 16.2 Å². The molecule has 1 amide bonds. The van der Waals surface area contributed by atoms with Gasteiger partial charge in [0.25, 0.3) is 12.4 Å². The Balaban J connectivity index is 0.000000913. The van der Waals surface area contributed by atoms with E-state index >= 15 is 0 Å². The van der Waals surface area contributed by atoms with Gasteiger partial charge in [-0.05, 0) is 19.1 Å². The molecule has 12 nitrogen and oxygen atoms in total. The van der Waals surface area contributed by atoms with Crippen LogP contribution in [0.2, 0.25) is 0 Å². The summed E-state index contributed by atoms with van der Waals surface area (Å²) in [5, 5.41) is 13.0. The maximum absolute atomic E-state index is 12.1. The smallest absolute Gasteiger partial charge is 0.290 e. The highest BCUT2D eigenvalue weighted by molar-refractivity contribution is 5.99. The molecule has 0 saturated carbocycles. The van der Waals surface area contributed by atoms with Crippen LogP contribution in [0.25, 0.3) is 22.3 Å². The van der Waals surface area contributed by atoms with Gasteiger partial charge in [-0.2, -0.15) is 0 Å². The largest absolute Gasteiger partial charge is 0.483 e. The maximum Gasteiger partial charge on any atom is 0.290 e. The van der Waals surface area contributed by atoms with Gasteiger partial charge in [0, 0.05) is 37.9 Å². The highest BCUT2D eigenvalue weighted by atomic mass is 16.3. The van der Waals surface area contributed by atoms with Crippen LogP contribution in [0.5, 0.6) is 0 Å². The van der Waals surface area contributed by atoms with Crippen LogP contribution < -0.4 is 16.4 Å². The van der Waals surface area contributed by atoms with Crippen LogP contribution >= 0.6 is 0 Å². The van der Waals surface area contributed by atoms with Crippen molar-refractivity contribution in [1.29, 1.82) is 0 Å². The zero-order chi connectivity index (χ0) is 23.3. The van der Waals surface area contributed by atoms with E-state index in [1.54, 1.807) is 38.0 Å². The first kappa shape index (κ1) is 22.1. The monoisotopic (exact) mass is 435 g/mol. The number of carbonyl (C=O) groups excluding carboxylic acids is 1. The molecule has 0 aliphatic rings. The number of carbonyl (C=O) groups is 2. The first-order valence-corrected chi connectivity index (χ1v) is 9.32. The molecule has 4 rings (SSSR count). The predicted molar refractivity (Wildman–Crippen MR) is 119 cm³/mol. The number of nitrogens with one attached hydrogen (secondary N) is 2. The zero-order valence-corrected chi connectivity index (χ0v) is 17.6. The van der Waals surface area contributed by atoms with Gasteiger partial charge in [0.05, 0.1) is 23.6 Å². The highest BCUT2D eigenvalue weighted by Gasteiger charge is 2.21. The minimum absolute atomic E-state index is 0.0152. The van der Waals surface area contributed by atoms with E-state index < -0.39 is 5.91 Å². The van der Waals surface area contributed by atoms with Gasteiger partial charge in [0.2, 0.25) is 0 Å². The fourth-order valence-electron chi connectivity index (χ4n) is 3.03. The first-order chi connectivity index (χ1) is 15.4. The summed E-state index contributed by atoms with van der Waals surface area (Å²) in [6.45, 7) is 1.62. The SMILES string of the molecule is CNc1nc(Nc2ccnc(C)c2)c(C(N)=O)nc1-c1cncc2c1ncn2C.O=CO. The third-order valence-electron chi connectivity index (χ3n) is 4.42. The van der Waals surface area contributed by atoms with E-state index in [2.05, 4.69) is 35.6 Å². The van der Waals surface area contributed by atoms with Gasteiger partial charge in [0.1, 0.15) is 11.2 Å². The van der Waals surface area contributed by atoms with E-state index in [0.29, 0.717) is 22.6 Å². The third kappa shape index (κ3) is 4.43. The van der Waals surface area contributed by atoms with Crippen LogP contribution in [0.3, 0.4) is 0 Å². The second-order valence-electron chi connectivity index (χ2n) is 6.56. The Hall–Kier alpha value is -4.61. The number of nitrogens with zero attached hydrogens (tertiary/aromatic N) is 6. The lowest BCUT2D eigenvalue weighted by Gasteiger charge is -2.14. The number of imidazole rings is 1. The lowest BCUT2D eigenvalue weighted by Crippen LogP contribution is -2.18. The van der Waals surface area contributed by atoms with E-state index in [9.17, 15) is 4.79 Å². The molecule has 164 valence electrons. The maximum atomic E-state index is 12.1. The van der Waals surface area contributed by atoms with Crippen LogP contribution in [0.15, 0.2) is 37.1 Å². The molecule has 0 aliphatic carbocycles. The number of carboxylic acid groups (broad SMARTS) is 1. The van der Waals surface area contributed by atoms with Crippen molar-refractivity contribution in [3.05, 3.63) is 48.4 Å². The number of aryl methyl sites for hydroxylation is 2. The Labute approximate surface area is 182 Å². The van der Waals surface area contributed by atoms with E-state index in [1.807, 2.05) is 24.6 Å². The van der Waals surface area contributed by atoms with Gasteiger partial charge >= 0.3 is 0 Å². The third-order valence-corrected chi connectivity index (χ3v) is 4.42. The first-order valence-electron chi connectivity index (χ1n) is 9.32. The van der Waals surface area contributed by atoms with E-state index in [0.717, 1.165) is 16.9 Å². The number of anilines is 3. The number of amides is 1. The standard InChI is InChI=1S/C19H19N9O.CH2O2/c1-10-6-11(4-5-23-10)25-19-16(17(20)29)26-15(18(21-2)27-19)12-7-22-8-13-14(12)24-9-28(13)3;2-1-3/h4-9H,1-3H3,(H2,20,29)(H2,21,23,25,27);1H,(H,2,3). The van der Waals surface area contributed by atoms with Crippen LogP contribution in [-0.4, -0.2) is 54.0 Å². The molecule has 0 bridgehead atoms. The van der Waals surface area contributed by atoms with Crippen molar-refractivity contribution in [3.8, 4) is 11.3 Å². The molecular weight excluding hydrogens is 414 g/mol. The zero-order valence-electron chi connectivity index (χ0n) is 17.6. The number of rotatable bonds is 5. The second-order valence-corrected chi connectivity index (χ2v) is 6.56. The molecule has 4 heterocycles. The summed E-state index contributed by atoms with van der Waals surface area (Å²) in [6.07, 6.45) is 6.72. The van der Waals surface area contributed by atoms with Gasteiger partial charge < -0.3 is 26.0 Å². The molecule has 0 radical (unpaired) electrons. The molecule has 0 saturated heterocycles. The highest BCUT2D eigenvalue weighted by Crippen LogP contribution is 2.32. The number of hydrogen-bond acceptors (Lipinski definition) is 9. The van der Waals surface area contributed by atoms with Crippen LogP contribution in [0, 0.1) is 6.92 Å². The molecular formula is C20H21N9O3. The van der Waals surface area contributed by atoms with Crippen molar-refractivity contribution in [2.75, 3.05) is 17.7 Å². The lowest BCUT2D eigenvalue weighted by molar-refractivity contribution is -0.122. The lowest BCUT2D eigenvalue weighted by atomic mass is 10.1. The summed E-state index contributed by atoms with van der Waals surface area (Å²) in [6, 6.07) is 3.60. The summed E-state index contributed by atoms with van der Waals surface area (Å²) < 4.78 is 1.86. The van der Waals surface area contributed by atoms with Crippen molar-refractivity contribution in [2.45, 2.75) is 6.92 Å². The van der Waals surface area contributed by atoms with Crippen molar-refractivity contribution >= 4 is 40.7 Å². The van der Waals surface area contributed by atoms with Gasteiger partial charge in [0.15, 0.2) is 17.3 Å². The molecule has 4 aromatic rings. The Morgan fingerprint density at radius 1 is 1.22 bits per heavy atom. The van der Waals surface area contributed by atoms with Crippen molar-refractivity contribution < 1.29 is 14.7 Å². The number of aromatic nitrogens is 6. The van der Waals surface area contributed by atoms with Gasteiger partial charge in [-0.15, -0.1) is 0 Å². The number of pyridine rings is 2. The van der Waals surface area contributed by atoms with Gasteiger partial charge in [-0.1, -0.05) is 0 Å². The normalized spacial score (nSPS) is 10.2. The average molecular weight is 435 g/mol. The molecule has 0 atom stereocenters. The van der Waals surface area contributed by atoms with Crippen molar-refractivity contribution in [3.63, 3.8) is 0 Å². The molecule has 0 spiro atoms. The number of primary amides is 1. The van der Waals surface area contributed by atoms with E-state index in [-0.39, 0.29) is 18.0 Å². The summed E-state index contributed by atoms with van der Waals surface area (Å²) >= 11 is 0. The molecule has 0 unspecified atom stereocenters. The molecule has 12 heteroatoms. The summed E-state index contributed by atoms with van der Waals surface area (Å²) in [5.74, 6) is 0.0106. The van der Waals surface area contributed by atoms with Gasteiger partial charge in [-0.3, -0.25) is 19.6 Å². The number of fused-ring (bicyclic) bond motifs is 1. The molecule has 5 N–H and O–H groups in total. The summed E-state index contributed by atoms with van der Waals surface area (Å²) in [4.78, 5) is 42.5. The minimum atomic E-state index is -0.698. The quantitative estimate of drug-likeness (QED) is 0.338. The van der Waals surface area contributed by atoms with E-state index in [1.165, 1.54) is 0 Å². The Kier molecular flexibility index (Phi) is 6.53. The number of nitrogens with two attached hydrogens (primary N) is 1. The minimum Gasteiger partial charge on any atom is -0.483 e. The Morgan fingerprint density at radius 3 is 2.62 bits per heavy atom. The van der Waals surface area contributed by atoms with E-state index in [4.69, 9.17) is 15.6 Å². The fraction of sp³-hybridized carbons (Fsp3) is 0.150.